The van der Waals surface area contributed by atoms with E-state index in [9.17, 15) is 4.79 Å². The van der Waals surface area contributed by atoms with Crippen LogP contribution in [0.3, 0.4) is 0 Å². The van der Waals surface area contributed by atoms with Crippen molar-refractivity contribution >= 4 is 5.97 Å². The average Bonchev–Trinajstić information content (AvgIpc) is 2.86. The van der Waals surface area contributed by atoms with Crippen LogP contribution in [0.4, 0.5) is 0 Å². The topological polar surface area (TPSA) is 47.0 Å². The Morgan fingerprint density at radius 3 is 2.68 bits per heavy atom. The fourth-order valence-electron chi connectivity index (χ4n) is 3.19. The highest BCUT2D eigenvalue weighted by atomic mass is 16.4. The molecule has 0 aliphatic carbocycles. The molecule has 2 heterocycles. The Kier molecular flexibility index (Phi) is 5.19. The number of hydrogen-bond donors (Lipinski definition) is 1. The second-order valence-electron chi connectivity index (χ2n) is 6.22. The summed E-state index contributed by atoms with van der Waals surface area (Å²) in [6.07, 6.45) is 3.29. The molecule has 5 nitrogen and oxygen atoms in total. The Labute approximate surface area is 116 Å². The molecule has 110 valence electrons. The minimum absolute atomic E-state index is 0.142. The zero-order chi connectivity index (χ0) is 13.8. The van der Waals surface area contributed by atoms with Gasteiger partial charge in [-0.3, -0.25) is 9.69 Å². The second kappa shape index (κ2) is 6.68. The van der Waals surface area contributed by atoms with Gasteiger partial charge in [-0.05, 0) is 46.4 Å². The lowest BCUT2D eigenvalue weighted by atomic mass is 10.0. The number of likely N-dealkylation sites (N-methyl/N-ethyl adjacent to an activating group) is 1. The molecule has 0 aromatic rings. The van der Waals surface area contributed by atoms with Gasteiger partial charge in [-0.25, -0.2) is 0 Å². The third kappa shape index (κ3) is 4.16. The molecular weight excluding hydrogens is 242 g/mol. The fourth-order valence-corrected chi connectivity index (χ4v) is 3.19. The van der Waals surface area contributed by atoms with Crippen molar-refractivity contribution in [2.75, 3.05) is 53.4 Å². The summed E-state index contributed by atoms with van der Waals surface area (Å²) in [6.45, 7) is 6.25. The van der Waals surface area contributed by atoms with Gasteiger partial charge in [-0.15, -0.1) is 0 Å². The van der Waals surface area contributed by atoms with Crippen LogP contribution < -0.4 is 0 Å². The maximum atomic E-state index is 11.0. The van der Waals surface area contributed by atoms with Crippen molar-refractivity contribution in [3.05, 3.63) is 0 Å². The summed E-state index contributed by atoms with van der Waals surface area (Å²) in [5, 5.41) is 9.08. The monoisotopic (exact) mass is 269 g/mol. The molecule has 2 unspecified atom stereocenters. The molecule has 2 saturated heterocycles. The van der Waals surface area contributed by atoms with Crippen molar-refractivity contribution in [3.8, 4) is 0 Å². The Morgan fingerprint density at radius 2 is 2.05 bits per heavy atom. The van der Waals surface area contributed by atoms with Crippen LogP contribution in [0, 0.1) is 5.92 Å². The molecule has 2 aliphatic rings. The second-order valence-corrected chi connectivity index (χ2v) is 6.22. The van der Waals surface area contributed by atoms with Crippen molar-refractivity contribution in [1.82, 2.24) is 14.7 Å². The SMILES string of the molecule is CN(C)CCN1CCCC(N2CCC(C(=O)O)C2)C1. The number of carboxylic acid groups (broad SMARTS) is 1. The summed E-state index contributed by atoms with van der Waals surface area (Å²) in [5.41, 5.74) is 0. The number of rotatable bonds is 5. The van der Waals surface area contributed by atoms with Crippen LogP contribution in [0.2, 0.25) is 0 Å². The molecule has 0 radical (unpaired) electrons. The van der Waals surface area contributed by atoms with Crippen LogP contribution in [0.1, 0.15) is 19.3 Å². The number of carbonyl (C=O) groups is 1. The quantitative estimate of drug-likeness (QED) is 0.784. The van der Waals surface area contributed by atoms with Gasteiger partial charge < -0.3 is 14.9 Å². The Bertz CT molecular complexity index is 309. The van der Waals surface area contributed by atoms with Gasteiger partial charge in [-0.2, -0.15) is 0 Å². The zero-order valence-electron chi connectivity index (χ0n) is 12.2. The van der Waals surface area contributed by atoms with Gasteiger partial charge in [0.25, 0.3) is 0 Å². The lowest BCUT2D eigenvalue weighted by Crippen LogP contribution is -2.48. The number of piperidine rings is 1. The van der Waals surface area contributed by atoms with E-state index in [-0.39, 0.29) is 5.92 Å². The van der Waals surface area contributed by atoms with E-state index in [1.54, 1.807) is 0 Å². The van der Waals surface area contributed by atoms with Crippen LogP contribution in [0.15, 0.2) is 0 Å². The van der Waals surface area contributed by atoms with Gasteiger partial charge >= 0.3 is 5.97 Å². The van der Waals surface area contributed by atoms with Gasteiger partial charge in [0.05, 0.1) is 5.92 Å². The predicted octanol–water partition coefficient (Wildman–Crippen LogP) is 0.419. The third-order valence-corrected chi connectivity index (χ3v) is 4.43. The summed E-state index contributed by atoms with van der Waals surface area (Å²) < 4.78 is 0. The van der Waals surface area contributed by atoms with Crippen molar-refractivity contribution in [1.29, 1.82) is 0 Å². The summed E-state index contributed by atoms with van der Waals surface area (Å²) in [4.78, 5) is 18.2. The van der Waals surface area contributed by atoms with Gasteiger partial charge in [-0.1, -0.05) is 0 Å². The number of carboxylic acids is 1. The van der Waals surface area contributed by atoms with Gasteiger partial charge in [0.1, 0.15) is 0 Å². The van der Waals surface area contributed by atoms with E-state index in [0.29, 0.717) is 6.04 Å². The predicted molar refractivity (Wildman–Crippen MR) is 75.3 cm³/mol. The molecule has 19 heavy (non-hydrogen) atoms. The van der Waals surface area contributed by atoms with E-state index < -0.39 is 5.97 Å². The van der Waals surface area contributed by atoms with Crippen molar-refractivity contribution in [2.45, 2.75) is 25.3 Å². The zero-order valence-corrected chi connectivity index (χ0v) is 12.2. The third-order valence-electron chi connectivity index (χ3n) is 4.43. The Morgan fingerprint density at radius 1 is 1.26 bits per heavy atom. The molecule has 2 fully saturated rings. The maximum absolute atomic E-state index is 11.0. The molecule has 5 heteroatoms. The standard InChI is InChI=1S/C14H27N3O2/c1-15(2)8-9-16-6-3-4-13(11-16)17-7-5-12(10-17)14(18)19/h12-13H,3-11H2,1-2H3,(H,18,19). The molecule has 2 aliphatic heterocycles. The lowest BCUT2D eigenvalue weighted by Gasteiger charge is -2.38. The number of aliphatic carboxylic acids is 1. The average molecular weight is 269 g/mol. The smallest absolute Gasteiger partial charge is 0.307 e. The molecule has 0 amide bonds. The first-order valence-corrected chi connectivity index (χ1v) is 7.40. The number of nitrogens with zero attached hydrogens (tertiary/aromatic N) is 3. The van der Waals surface area contributed by atoms with Gasteiger partial charge in [0.2, 0.25) is 0 Å². The minimum atomic E-state index is -0.622. The van der Waals surface area contributed by atoms with Crippen LogP contribution in [-0.4, -0.2) is 85.2 Å². The van der Waals surface area contributed by atoms with Gasteiger partial charge in [0.15, 0.2) is 0 Å². The number of likely N-dealkylation sites (tertiary alicyclic amines) is 2. The summed E-state index contributed by atoms with van der Waals surface area (Å²) >= 11 is 0. The van der Waals surface area contributed by atoms with E-state index in [1.165, 1.54) is 19.4 Å². The first-order chi connectivity index (χ1) is 9.06. The number of hydrogen-bond acceptors (Lipinski definition) is 4. The summed E-state index contributed by atoms with van der Waals surface area (Å²) in [6, 6.07) is 0.570. The van der Waals surface area contributed by atoms with Crippen LogP contribution in [0.5, 0.6) is 0 Å². The normalized spacial score (nSPS) is 30.1. The molecular formula is C14H27N3O2. The van der Waals surface area contributed by atoms with Crippen molar-refractivity contribution in [2.24, 2.45) is 5.92 Å². The van der Waals surface area contributed by atoms with Crippen LogP contribution in [0.25, 0.3) is 0 Å². The molecule has 0 saturated carbocycles. The molecule has 1 N–H and O–H groups in total. The van der Waals surface area contributed by atoms with Crippen LogP contribution >= 0.6 is 0 Å². The first-order valence-electron chi connectivity index (χ1n) is 7.40. The first kappa shape index (κ1) is 14.8. The Balaban J connectivity index is 1.79. The van der Waals surface area contributed by atoms with E-state index in [1.807, 2.05) is 0 Å². The van der Waals surface area contributed by atoms with Gasteiger partial charge in [0, 0.05) is 32.2 Å². The molecule has 0 aromatic carbocycles. The Hall–Kier alpha value is -0.650. The summed E-state index contributed by atoms with van der Waals surface area (Å²) in [5.74, 6) is -0.764. The van der Waals surface area contributed by atoms with E-state index >= 15 is 0 Å². The summed E-state index contributed by atoms with van der Waals surface area (Å²) in [7, 11) is 4.22. The highest BCUT2D eigenvalue weighted by Gasteiger charge is 2.33. The fraction of sp³-hybridized carbons (Fsp3) is 0.929. The highest BCUT2D eigenvalue weighted by molar-refractivity contribution is 5.70. The minimum Gasteiger partial charge on any atom is -0.481 e. The molecule has 0 bridgehead atoms. The molecule has 2 rings (SSSR count). The largest absolute Gasteiger partial charge is 0.481 e. The molecule has 2 atom stereocenters. The van der Waals surface area contributed by atoms with Crippen molar-refractivity contribution < 1.29 is 9.90 Å². The highest BCUT2D eigenvalue weighted by Crippen LogP contribution is 2.23. The van der Waals surface area contributed by atoms with E-state index in [2.05, 4.69) is 28.8 Å². The lowest BCUT2D eigenvalue weighted by molar-refractivity contribution is -0.141. The van der Waals surface area contributed by atoms with Crippen LogP contribution in [-0.2, 0) is 4.79 Å². The molecule has 0 aromatic heterocycles. The molecule has 0 spiro atoms. The van der Waals surface area contributed by atoms with E-state index in [0.717, 1.165) is 39.1 Å². The maximum Gasteiger partial charge on any atom is 0.307 e. The van der Waals surface area contributed by atoms with E-state index in [4.69, 9.17) is 5.11 Å². The van der Waals surface area contributed by atoms with Crippen molar-refractivity contribution in [3.63, 3.8) is 0 Å².